The molecule has 1 N–H and O–H groups in total. The van der Waals surface area contributed by atoms with E-state index in [1.54, 1.807) is 12.1 Å². The number of nitrogens with one attached hydrogen (secondary N) is 1. The second-order valence-electron chi connectivity index (χ2n) is 3.89. The second kappa shape index (κ2) is 7.96. The molecule has 0 aromatic carbocycles. The highest BCUT2D eigenvalue weighted by Gasteiger charge is 2.27. The van der Waals surface area contributed by atoms with E-state index in [0.717, 1.165) is 18.7 Å². The van der Waals surface area contributed by atoms with E-state index >= 15 is 0 Å². The SMILES string of the molecule is CCCNCc1ccc(OCOCC(F)(F)F)cn1. The summed E-state index contributed by atoms with van der Waals surface area (Å²) in [7, 11) is 0. The number of aromatic nitrogens is 1. The molecule has 4 nitrogen and oxygen atoms in total. The summed E-state index contributed by atoms with van der Waals surface area (Å²) in [5, 5.41) is 3.19. The Labute approximate surface area is 109 Å². The predicted molar refractivity (Wildman–Crippen MR) is 63.7 cm³/mol. The maximum atomic E-state index is 11.8. The largest absolute Gasteiger partial charge is 0.466 e. The van der Waals surface area contributed by atoms with Crippen LogP contribution in [0.15, 0.2) is 18.3 Å². The minimum absolute atomic E-state index is 0.376. The Kier molecular flexibility index (Phi) is 6.58. The fourth-order valence-electron chi connectivity index (χ4n) is 1.26. The van der Waals surface area contributed by atoms with Gasteiger partial charge in [0.15, 0.2) is 6.79 Å². The van der Waals surface area contributed by atoms with Gasteiger partial charge in [0.1, 0.15) is 12.4 Å². The molecule has 108 valence electrons. The maximum absolute atomic E-state index is 11.8. The van der Waals surface area contributed by atoms with Gasteiger partial charge >= 0.3 is 6.18 Å². The molecule has 1 rings (SSSR count). The first kappa shape index (κ1) is 15.7. The summed E-state index contributed by atoms with van der Waals surface area (Å²) in [6.07, 6.45) is -1.84. The Balaban J connectivity index is 2.24. The van der Waals surface area contributed by atoms with E-state index in [-0.39, 0.29) is 0 Å². The first-order chi connectivity index (χ1) is 9.01. The molecule has 0 spiro atoms. The normalized spacial score (nSPS) is 11.6. The molecule has 1 aromatic heterocycles. The van der Waals surface area contributed by atoms with E-state index < -0.39 is 19.6 Å². The van der Waals surface area contributed by atoms with E-state index in [4.69, 9.17) is 4.74 Å². The zero-order valence-corrected chi connectivity index (χ0v) is 10.7. The van der Waals surface area contributed by atoms with E-state index in [2.05, 4.69) is 22.0 Å². The third-order valence-electron chi connectivity index (χ3n) is 2.11. The third kappa shape index (κ3) is 7.63. The lowest BCUT2D eigenvalue weighted by Gasteiger charge is -2.09. The van der Waals surface area contributed by atoms with E-state index in [9.17, 15) is 13.2 Å². The fourth-order valence-corrected chi connectivity index (χ4v) is 1.26. The summed E-state index contributed by atoms with van der Waals surface area (Å²) < 4.78 is 44.6. The van der Waals surface area contributed by atoms with Crippen molar-refractivity contribution in [3.05, 3.63) is 24.0 Å². The van der Waals surface area contributed by atoms with E-state index in [0.29, 0.717) is 12.3 Å². The first-order valence-corrected chi connectivity index (χ1v) is 5.94. The monoisotopic (exact) mass is 278 g/mol. The molecule has 0 aliphatic heterocycles. The van der Waals surface area contributed by atoms with Crippen molar-refractivity contribution in [2.24, 2.45) is 0 Å². The highest BCUT2D eigenvalue weighted by atomic mass is 19.4. The third-order valence-corrected chi connectivity index (χ3v) is 2.11. The van der Waals surface area contributed by atoms with Gasteiger partial charge in [0.05, 0.1) is 11.9 Å². The number of rotatable bonds is 8. The average Bonchev–Trinajstić information content (AvgIpc) is 2.36. The summed E-state index contributed by atoms with van der Waals surface area (Å²) in [4.78, 5) is 4.11. The van der Waals surface area contributed by atoms with E-state index in [1.807, 2.05) is 0 Å². The molecular formula is C12H17F3N2O2. The van der Waals surface area contributed by atoms with Crippen molar-refractivity contribution in [3.63, 3.8) is 0 Å². The van der Waals surface area contributed by atoms with Gasteiger partial charge in [0.2, 0.25) is 0 Å². The number of pyridine rings is 1. The summed E-state index contributed by atoms with van der Waals surface area (Å²) in [5.74, 6) is 0.376. The van der Waals surface area contributed by atoms with Crippen molar-refractivity contribution >= 4 is 0 Å². The lowest BCUT2D eigenvalue weighted by Crippen LogP contribution is -2.19. The lowest BCUT2D eigenvalue weighted by atomic mass is 10.3. The zero-order valence-electron chi connectivity index (χ0n) is 10.7. The molecule has 0 aliphatic carbocycles. The van der Waals surface area contributed by atoms with Crippen LogP contribution in [0.3, 0.4) is 0 Å². The second-order valence-corrected chi connectivity index (χ2v) is 3.89. The molecule has 0 radical (unpaired) electrons. The maximum Gasteiger partial charge on any atom is 0.411 e. The van der Waals surface area contributed by atoms with Crippen LogP contribution in [-0.2, 0) is 11.3 Å². The fraction of sp³-hybridized carbons (Fsp3) is 0.583. The number of hydrogen-bond acceptors (Lipinski definition) is 4. The minimum atomic E-state index is -4.34. The van der Waals surface area contributed by atoms with Gasteiger partial charge in [-0.05, 0) is 25.1 Å². The van der Waals surface area contributed by atoms with Gasteiger partial charge in [0, 0.05) is 6.54 Å². The van der Waals surface area contributed by atoms with Crippen molar-refractivity contribution in [1.82, 2.24) is 10.3 Å². The zero-order chi connectivity index (χ0) is 14.1. The molecule has 0 saturated carbocycles. The number of alkyl halides is 3. The molecule has 0 unspecified atom stereocenters. The molecule has 0 fully saturated rings. The molecule has 0 bridgehead atoms. The molecule has 1 aromatic rings. The van der Waals surface area contributed by atoms with Gasteiger partial charge in [0.25, 0.3) is 0 Å². The van der Waals surface area contributed by atoms with Crippen LogP contribution in [0.4, 0.5) is 13.2 Å². The average molecular weight is 278 g/mol. The predicted octanol–water partition coefficient (Wildman–Crippen LogP) is 2.50. The van der Waals surface area contributed by atoms with Crippen LogP contribution in [0.25, 0.3) is 0 Å². The first-order valence-electron chi connectivity index (χ1n) is 5.94. The van der Waals surface area contributed by atoms with Gasteiger partial charge in [-0.3, -0.25) is 4.98 Å². The molecule has 0 aliphatic rings. The van der Waals surface area contributed by atoms with Crippen molar-refractivity contribution < 1.29 is 22.6 Å². The molecular weight excluding hydrogens is 261 g/mol. The number of halogens is 3. The smallest absolute Gasteiger partial charge is 0.411 e. The standard InChI is InChI=1S/C12H17F3N2O2/c1-2-5-16-6-10-3-4-11(7-17-10)19-9-18-8-12(13,14)15/h3-4,7,16H,2,5-6,8-9H2,1H3. The Bertz CT molecular complexity index is 355. The van der Waals surface area contributed by atoms with Gasteiger partial charge in [-0.2, -0.15) is 13.2 Å². The highest BCUT2D eigenvalue weighted by molar-refractivity contribution is 5.19. The van der Waals surface area contributed by atoms with Crippen LogP contribution in [0.2, 0.25) is 0 Å². The topological polar surface area (TPSA) is 43.4 Å². The van der Waals surface area contributed by atoms with Gasteiger partial charge in [-0.15, -0.1) is 0 Å². The molecule has 0 amide bonds. The van der Waals surface area contributed by atoms with Crippen molar-refractivity contribution in [1.29, 1.82) is 0 Å². The Morgan fingerprint density at radius 1 is 1.32 bits per heavy atom. The highest BCUT2D eigenvalue weighted by Crippen LogP contribution is 2.15. The van der Waals surface area contributed by atoms with Crippen LogP contribution in [0.5, 0.6) is 5.75 Å². The van der Waals surface area contributed by atoms with Gasteiger partial charge < -0.3 is 14.8 Å². The summed E-state index contributed by atoms with van der Waals surface area (Å²) in [5.41, 5.74) is 0.844. The van der Waals surface area contributed by atoms with Gasteiger partial charge in [-0.25, -0.2) is 0 Å². The molecule has 0 saturated heterocycles. The summed E-state index contributed by atoms with van der Waals surface area (Å²) >= 11 is 0. The Morgan fingerprint density at radius 3 is 2.68 bits per heavy atom. The molecule has 0 atom stereocenters. The minimum Gasteiger partial charge on any atom is -0.466 e. The number of nitrogens with zero attached hydrogens (tertiary/aromatic N) is 1. The molecule has 7 heteroatoms. The van der Waals surface area contributed by atoms with Crippen LogP contribution >= 0.6 is 0 Å². The lowest BCUT2D eigenvalue weighted by molar-refractivity contribution is -0.186. The van der Waals surface area contributed by atoms with Crippen molar-refractivity contribution in [3.8, 4) is 5.75 Å². The number of ether oxygens (including phenoxy) is 2. The van der Waals surface area contributed by atoms with Crippen LogP contribution < -0.4 is 10.1 Å². The van der Waals surface area contributed by atoms with Crippen molar-refractivity contribution in [2.75, 3.05) is 19.9 Å². The van der Waals surface area contributed by atoms with Gasteiger partial charge in [-0.1, -0.05) is 6.92 Å². The number of hydrogen-bond donors (Lipinski definition) is 1. The van der Waals surface area contributed by atoms with E-state index in [1.165, 1.54) is 6.20 Å². The Hall–Kier alpha value is -1.34. The quantitative estimate of drug-likeness (QED) is 0.586. The van der Waals surface area contributed by atoms with Crippen molar-refractivity contribution in [2.45, 2.75) is 26.1 Å². The summed E-state index contributed by atoms with van der Waals surface area (Å²) in [6, 6.07) is 3.40. The van der Waals surface area contributed by atoms with Crippen LogP contribution in [0.1, 0.15) is 19.0 Å². The molecule has 19 heavy (non-hydrogen) atoms. The molecule has 1 heterocycles. The Morgan fingerprint density at radius 2 is 2.11 bits per heavy atom. The van der Waals surface area contributed by atoms with Crippen LogP contribution in [-0.4, -0.2) is 31.1 Å². The summed E-state index contributed by atoms with van der Waals surface area (Å²) in [6.45, 7) is 1.86. The van der Waals surface area contributed by atoms with Crippen LogP contribution in [0, 0.1) is 0 Å².